The number of methoxy groups -OCH3 is 1. The number of benzene rings is 4. The molecule has 4 rings (SSSR count). The van der Waals surface area contributed by atoms with Gasteiger partial charge in [0.05, 0.1) is 12.2 Å². The zero-order valence-corrected chi connectivity index (χ0v) is 18.3. The van der Waals surface area contributed by atoms with Crippen LogP contribution in [0.2, 0.25) is 0 Å². The number of fused-ring (bicyclic) bond motifs is 1. The average molecular weight is 452 g/mol. The second kappa shape index (κ2) is 9.75. The van der Waals surface area contributed by atoms with Crippen LogP contribution >= 0.6 is 0 Å². The van der Waals surface area contributed by atoms with Crippen LogP contribution in [0.1, 0.15) is 22.3 Å². The van der Waals surface area contributed by atoms with Crippen LogP contribution in [-0.4, -0.2) is 13.7 Å². The van der Waals surface area contributed by atoms with Crippen molar-refractivity contribution in [3.63, 3.8) is 0 Å². The molecule has 170 valence electrons. The Kier molecular flexibility index (Phi) is 6.80. The van der Waals surface area contributed by atoms with Crippen molar-refractivity contribution >= 4 is 10.8 Å². The Bertz CT molecular complexity index is 1230. The van der Waals surface area contributed by atoms with Crippen LogP contribution in [-0.2, 0) is 30.2 Å². The van der Waals surface area contributed by atoms with Gasteiger partial charge in [0, 0.05) is 12.5 Å². The van der Waals surface area contributed by atoms with E-state index in [1.54, 1.807) is 19.2 Å². The van der Waals surface area contributed by atoms with Gasteiger partial charge in [-0.05, 0) is 70.7 Å². The largest absolute Gasteiger partial charge is 0.416 e. The SMILES string of the molecule is COCCc1ccc(-c2ccc3c(F)c(CCc4ccc(C(F)(F)F)cc4)ccc3c2)cc1. The van der Waals surface area contributed by atoms with Gasteiger partial charge < -0.3 is 4.74 Å². The molecule has 0 saturated heterocycles. The van der Waals surface area contributed by atoms with Gasteiger partial charge in [-0.3, -0.25) is 0 Å². The topological polar surface area (TPSA) is 9.23 Å². The fourth-order valence-electron chi connectivity index (χ4n) is 3.93. The third-order valence-electron chi connectivity index (χ3n) is 5.88. The monoisotopic (exact) mass is 452 g/mol. The van der Waals surface area contributed by atoms with Crippen LogP contribution in [0.3, 0.4) is 0 Å². The van der Waals surface area contributed by atoms with Crippen molar-refractivity contribution in [1.29, 1.82) is 0 Å². The smallest absolute Gasteiger partial charge is 0.384 e. The predicted octanol–water partition coefficient (Wildman–Crippen LogP) is 7.64. The van der Waals surface area contributed by atoms with E-state index in [1.807, 2.05) is 18.2 Å². The van der Waals surface area contributed by atoms with E-state index in [4.69, 9.17) is 4.74 Å². The molecule has 1 nitrogen and oxygen atoms in total. The van der Waals surface area contributed by atoms with Gasteiger partial charge in [0.15, 0.2) is 0 Å². The molecule has 0 aliphatic rings. The molecule has 4 aromatic carbocycles. The molecule has 0 atom stereocenters. The van der Waals surface area contributed by atoms with Gasteiger partial charge in [0.1, 0.15) is 5.82 Å². The van der Waals surface area contributed by atoms with Gasteiger partial charge in [0.25, 0.3) is 0 Å². The van der Waals surface area contributed by atoms with Crippen molar-refractivity contribution in [3.05, 3.63) is 107 Å². The van der Waals surface area contributed by atoms with Crippen molar-refractivity contribution < 1.29 is 22.3 Å². The molecule has 0 heterocycles. The van der Waals surface area contributed by atoms with E-state index in [1.165, 1.54) is 17.7 Å². The molecule has 0 amide bonds. The lowest BCUT2D eigenvalue weighted by Crippen LogP contribution is -2.04. The molecule has 0 saturated carbocycles. The number of hydrogen-bond acceptors (Lipinski definition) is 1. The summed E-state index contributed by atoms with van der Waals surface area (Å²) < 4.78 is 58.4. The Morgan fingerprint density at radius 3 is 2.00 bits per heavy atom. The standard InChI is InChI=1S/C28H24F4O/c1-33-17-16-20-2-7-21(8-3-20)23-12-15-26-24(18-23)11-10-22(27(26)29)9-4-19-5-13-25(14-6-19)28(30,31)32/h2-3,5-8,10-15,18H,4,9,16-17H2,1H3. The molecule has 0 radical (unpaired) electrons. The van der Waals surface area contributed by atoms with E-state index in [-0.39, 0.29) is 5.82 Å². The predicted molar refractivity (Wildman–Crippen MR) is 124 cm³/mol. The number of alkyl halides is 3. The molecule has 0 aromatic heterocycles. The highest BCUT2D eigenvalue weighted by Gasteiger charge is 2.29. The Morgan fingerprint density at radius 1 is 0.697 bits per heavy atom. The van der Waals surface area contributed by atoms with Gasteiger partial charge in [0.2, 0.25) is 0 Å². The summed E-state index contributed by atoms with van der Waals surface area (Å²) in [5, 5.41) is 1.35. The summed E-state index contributed by atoms with van der Waals surface area (Å²) in [5.74, 6) is -0.277. The molecule has 4 aromatic rings. The zero-order valence-electron chi connectivity index (χ0n) is 18.3. The lowest BCUT2D eigenvalue weighted by atomic mass is 9.96. The molecule has 5 heteroatoms. The summed E-state index contributed by atoms with van der Waals surface area (Å²) in [5.41, 5.74) is 3.89. The van der Waals surface area contributed by atoms with Crippen LogP contribution in [0, 0.1) is 5.82 Å². The molecular formula is C28H24F4O. The molecule has 0 N–H and O–H groups in total. The van der Waals surface area contributed by atoms with Crippen molar-refractivity contribution in [3.8, 4) is 11.1 Å². The molecule has 0 aliphatic carbocycles. The van der Waals surface area contributed by atoms with Gasteiger partial charge in [-0.2, -0.15) is 13.2 Å². The van der Waals surface area contributed by atoms with Crippen LogP contribution in [0.15, 0.2) is 78.9 Å². The summed E-state index contributed by atoms with van der Waals surface area (Å²) in [7, 11) is 1.68. The normalized spacial score (nSPS) is 11.8. The minimum absolute atomic E-state index is 0.277. The van der Waals surface area contributed by atoms with E-state index in [2.05, 4.69) is 24.3 Å². The zero-order chi connectivity index (χ0) is 23.4. The Morgan fingerprint density at radius 2 is 1.33 bits per heavy atom. The highest BCUT2D eigenvalue weighted by molar-refractivity contribution is 5.88. The quantitative estimate of drug-likeness (QED) is 0.262. The Balaban J connectivity index is 1.50. The van der Waals surface area contributed by atoms with E-state index in [9.17, 15) is 13.2 Å². The van der Waals surface area contributed by atoms with Crippen molar-refractivity contribution in [2.75, 3.05) is 13.7 Å². The minimum Gasteiger partial charge on any atom is -0.384 e. The van der Waals surface area contributed by atoms with Gasteiger partial charge in [-0.25, -0.2) is 4.39 Å². The lowest BCUT2D eigenvalue weighted by molar-refractivity contribution is -0.137. The van der Waals surface area contributed by atoms with E-state index in [0.717, 1.165) is 40.6 Å². The molecule has 0 fully saturated rings. The van der Waals surface area contributed by atoms with Crippen LogP contribution < -0.4 is 0 Å². The second-order valence-electron chi connectivity index (χ2n) is 8.11. The van der Waals surface area contributed by atoms with Gasteiger partial charge in [-0.1, -0.05) is 60.7 Å². The molecule has 0 aliphatic heterocycles. The number of rotatable bonds is 7. The minimum atomic E-state index is -4.35. The first-order valence-electron chi connectivity index (χ1n) is 10.8. The fraction of sp³-hybridized carbons (Fsp3) is 0.214. The summed E-state index contributed by atoms with van der Waals surface area (Å²) >= 11 is 0. The number of hydrogen-bond donors (Lipinski definition) is 0. The first kappa shape index (κ1) is 23.0. The molecule has 33 heavy (non-hydrogen) atoms. The summed E-state index contributed by atoms with van der Waals surface area (Å²) in [6, 6.07) is 22.6. The highest BCUT2D eigenvalue weighted by Crippen LogP contribution is 2.30. The Labute approximate surface area is 190 Å². The van der Waals surface area contributed by atoms with Crippen molar-refractivity contribution in [2.24, 2.45) is 0 Å². The number of aryl methyl sites for hydroxylation is 2. The maximum Gasteiger partial charge on any atom is 0.416 e. The van der Waals surface area contributed by atoms with E-state index in [0.29, 0.717) is 30.4 Å². The lowest BCUT2D eigenvalue weighted by Gasteiger charge is -2.10. The molecule has 0 unspecified atom stereocenters. The molecule has 0 bridgehead atoms. The van der Waals surface area contributed by atoms with Gasteiger partial charge in [-0.15, -0.1) is 0 Å². The molecule has 0 spiro atoms. The highest BCUT2D eigenvalue weighted by atomic mass is 19.4. The van der Waals surface area contributed by atoms with E-state index >= 15 is 4.39 Å². The van der Waals surface area contributed by atoms with Crippen molar-refractivity contribution in [1.82, 2.24) is 0 Å². The third kappa shape index (κ3) is 5.42. The molecular weight excluding hydrogens is 428 g/mol. The maximum absolute atomic E-state index is 15.1. The third-order valence-corrected chi connectivity index (χ3v) is 5.88. The summed E-state index contributed by atoms with van der Waals surface area (Å²) in [4.78, 5) is 0. The Hall–Kier alpha value is -3.18. The average Bonchev–Trinajstić information content (AvgIpc) is 2.82. The van der Waals surface area contributed by atoms with Gasteiger partial charge >= 0.3 is 6.18 Å². The number of ether oxygens (including phenoxy) is 1. The first-order valence-corrected chi connectivity index (χ1v) is 10.8. The van der Waals surface area contributed by atoms with E-state index < -0.39 is 11.7 Å². The maximum atomic E-state index is 15.1. The van der Waals surface area contributed by atoms with Crippen LogP contribution in [0.25, 0.3) is 21.9 Å². The van der Waals surface area contributed by atoms with Crippen LogP contribution in [0.4, 0.5) is 17.6 Å². The van der Waals surface area contributed by atoms with Crippen molar-refractivity contribution in [2.45, 2.75) is 25.4 Å². The fourth-order valence-corrected chi connectivity index (χ4v) is 3.93. The van der Waals surface area contributed by atoms with Crippen LogP contribution in [0.5, 0.6) is 0 Å². The number of halogens is 4. The summed E-state index contributed by atoms with van der Waals surface area (Å²) in [6.45, 7) is 0.676. The second-order valence-corrected chi connectivity index (χ2v) is 8.11. The summed E-state index contributed by atoms with van der Waals surface area (Å²) in [6.07, 6.45) is -2.62. The first-order chi connectivity index (χ1) is 15.8.